The first-order valence-corrected chi connectivity index (χ1v) is 8.17. The number of rotatable bonds is 6. The molecule has 0 saturated heterocycles. The van der Waals surface area contributed by atoms with E-state index in [2.05, 4.69) is 6.92 Å². The van der Waals surface area contributed by atoms with E-state index >= 15 is 0 Å². The first-order chi connectivity index (χ1) is 11.3. The second-order valence-corrected chi connectivity index (χ2v) is 6.46. The van der Waals surface area contributed by atoms with Gasteiger partial charge in [0.15, 0.2) is 0 Å². The average Bonchev–Trinajstić information content (AvgIpc) is 2.53. The molecule has 0 amide bonds. The number of hydrogen-bond donors (Lipinski definition) is 0. The zero-order chi connectivity index (χ0) is 17.7. The highest BCUT2D eigenvalue weighted by atomic mass is 19.4. The molecule has 4 heteroatoms. The third kappa shape index (κ3) is 5.36. The van der Waals surface area contributed by atoms with E-state index < -0.39 is 11.7 Å². The fraction of sp³-hybridized carbons (Fsp3) is 0.400. The van der Waals surface area contributed by atoms with Gasteiger partial charge in [-0.15, -0.1) is 0 Å². The van der Waals surface area contributed by atoms with Crippen molar-refractivity contribution in [3.63, 3.8) is 0 Å². The van der Waals surface area contributed by atoms with E-state index in [1.807, 2.05) is 12.1 Å². The Morgan fingerprint density at radius 3 is 1.96 bits per heavy atom. The van der Waals surface area contributed by atoms with Gasteiger partial charge in [0.25, 0.3) is 0 Å². The van der Waals surface area contributed by atoms with Crippen molar-refractivity contribution in [2.45, 2.75) is 45.7 Å². The van der Waals surface area contributed by atoms with E-state index in [0.717, 1.165) is 48.9 Å². The van der Waals surface area contributed by atoms with E-state index in [-0.39, 0.29) is 5.82 Å². The SMILES string of the molecule is Cc1cc(CCC(C)CCc2ccc(C(F)(F)F)cc2)ccc1F. The van der Waals surface area contributed by atoms with Gasteiger partial charge in [0.1, 0.15) is 5.82 Å². The summed E-state index contributed by atoms with van der Waals surface area (Å²) in [5.74, 6) is 0.270. The van der Waals surface area contributed by atoms with Crippen molar-refractivity contribution in [1.29, 1.82) is 0 Å². The fourth-order valence-corrected chi connectivity index (χ4v) is 2.69. The summed E-state index contributed by atoms with van der Waals surface area (Å²) in [6, 6.07) is 10.6. The van der Waals surface area contributed by atoms with Crippen LogP contribution in [-0.4, -0.2) is 0 Å². The molecule has 1 unspecified atom stereocenters. The highest BCUT2D eigenvalue weighted by molar-refractivity contribution is 5.25. The van der Waals surface area contributed by atoms with Crippen LogP contribution in [0.25, 0.3) is 0 Å². The smallest absolute Gasteiger partial charge is 0.207 e. The molecule has 0 fully saturated rings. The van der Waals surface area contributed by atoms with Crippen LogP contribution in [0.2, 0.25) is 0 Å². The van der Waals surface area contributed by atoms with Gasteiger partial charge in [0.05, 0.1) is 5.56 Å². The van der Waals surface area contributed by atoms with Crippen LogP contribution in [-0.2, 0) is 19.0 Å². The summed E-state index contributed by atoms with van der Waals surface area (Å²) in [5, 5.41) is 0. The van der Waals surface area contributed by atoms with E-state index in [4.69, 9.17) is 0 Å². The maximum atomic E-state index is 13.2. The summed E-state index contributed by atoms with van der Waals surface area (Å²) >= 11 is 0. The summed E-state index contributed by atoms with van der Waals surface area (Å²) < 4.78 is 50.8. The van der Waals surface area contributed by atoms with Crippen LogP contribution in [0.5, 0.6) is 0 Å². The topological polar surface area (TPSA) is 0 Å². The molecular weight excluding hydrogens is 316 g/mol. The number of benzene rings is 2. The fourth-order valence-electron chi connectivity index (χ4n) is 2.69. The van der Waals surface area contributed by atoms with Gasteiger partial charge < -0.3 is 0 Å². The number of hydrogen-bond acceptors (Lipinski definition) is 0. The maximum Gasteiger partial charge on any atom is 0.416 e. The molecule has 0 heterocycles. The molecule has 2 aromatic rings. The molecule has 0 bridgehead atoms. The summed E-state index contributed by atoms with van der Waals surface area (Å²) in [6.45, 7) is 3.90. The normalized spacial score (nSPS) is 13.1. The Morgan fingerprint density at radius 2 is 1.42 bits per heavy atom. The van der Waals surface area contributed by atoms with E-state index in [0.29, 0.717) is 11.5 Å². The average molecular weight is 338 g/mol. The van der Waals surface area contributed by atoms with Crippen LogP contribution in [0, 0.1) is 18.7 Å². The molecule has 130 valence electrons. The monoisotopic (exact) mass is 338 g/mol. The predicted molar refractivity (Wildman–Crippen MR) is 88.4 cm³/mol. The summed E-state index contributed by atoms with van der Waals surface area (Å²) in [7, 11) is 0. The van der Waals surface area contributed by atoms with Crippen molar-refractivity contribution >= 4 is 0 Å². The molecule has 0 radical (unpaired) electrons. The van der Waals surface area contributed by atoms with Gasteiger partial charge in [0.2, 0.25) is 0 Å². The van der Waals surface area contributed by atoms with Crippen LogP contribution < -0.4 is 0 Å². The minimum Gasteiger partial charge on any atom is -0.207 e. The molecule has 1 atom stereocenters. The first kappa shape index (κ1) is 18.5. The van der Waals surface area contributed by atoms with Crippen LogP contribution in [0.15, 0.2) is 42.5 Å². The van der Waals surface area contributed by atoms with Crippen molar-refractivity contribution < 1.29 is 17.6 Å². The lowest BCUT2D eigenvalue weighted by atomic mass is 9.94. The zero-order valence-corrected chi connectivity index (χ0v) is 14.0. The van der Waals surface area contributed by atoms with Gasteiger partial charge in [-0.2, -0.15) is 13.2 Å². The Kier molecular flexibility index (Phi) is 6.03. The largest absolute Gasteiger partial charge is 0.416 e. The Balaban J connectivity index is 1.80. The van der Waals surface area contributed by atoms with Gasteiger partial charge in [-0.1, -0.05) is 31.2 Å². The van der Waals surface area contributed by atoms with Crippen LogP contribution >= 0.6 is 0 Å². The molecule has 0 spiro atoms. The molecule has 0 N–H and O–H groups in total. The summed E-state index contributed by atoms with van der Waals surface area (Å²) in [5.41, 5.74) is 2.10. The van der Waals surface area contributed by atoms with Crippen LogP contribution in [0.1, 0.15) is 42.0 Å². The molecule has 2 rings (SSSR count). The summed E-state index contributed by atoms with van der Waals surface area (Å²) in [6.07, 6.45) is -0.729. The molecule has 0 saturated carbocycles. The highest BCUT2D eigenvalue weighted by Crippen LogP contribution is 2.29. The lowest BCUT2D eigenvalue weighted by Gasteiger charge is -2.12. The molecular formula is C20H22F4. The number of halogens is 4. The molecule has 2 aromatic carbocycles. The van der Waals surface area contributed by atoms with Gasteiger partial charge in [-0.05, 0) is 73.4 Å². The van der Waals surface area contributed by atoms with Crippen molar-refractivity contribution in [3.05, 3.63) is 70.5 Å². The quantitative estimate of drug-likeness (QED) is 0.538. The molecule has 0 aromatic heterocycles. The zero-order valence-electron chi connectivity index (χ0n) is 14.0. The number of aryl methyl sites for hydroxylation is 3. The number of alkyl halides is 3. The minimum atomic E-state index is -4.28. The Bertz CT molecular complexity index is 656. The second-order valence-electron chi connectivity index (χ2n) is 6.46. The Labute approximate surface area is 140 Å². The maximum absolute atomic E-state index is 13.2. The standard InChI is InChI=1S/C20H22F4/c1-14(4-6-17-9-12-19(21)15(2)13-17)3-5-16-7-10-18(11-8-16)20(22,23)24/h7-14H,3-6H2,1-2H3. The van der Waals surface area contributed by atoms with Crippen molar-refractivity contribution in [2.24, 2.45) is 5.92 Å². The van der Waals surface area contributed by atoms with Gasteiger partial charge in [-0.25, -0.2) is 4.39 Å². The van der Waals surface area contributed by atoms with Crippen molar-refractivity contribution in [3.8, 4) is 0 Å². The van der Waals surface area contributed by atoms with Gasteiger partial charge in [0, 0.05) is 0 Å². The molecule has 0 aliphatic rings. The van der Waals surface area contributed by atoms with Gasteiger partial charge >= 0.3 is 6.18 Å². The highest BCUT2D eigenvalue weighted by Gasteiger charge is 2.29. The third-order valence-electron chi connectivity index (χ3n) is 4.36. The van der Waals surface area contributed by atoms with Crippen LogP contribution in [0.4, 0.5) is 17.6 Å². The molecule has 24 heavy (non-hydrogen) atoms. The lowest BCUT2D eigenvalue weighted by molar-refractivity contribution is -0.137. The second kappa shape index (κ2) is 7.82. The third-order valence-corrected chi connectivity index (χ3v) is 4.36. The van der Waals surface area contributed by atoms with Crippen LogP contribution in [0.3, 0.4) is 0 Å². The Morgan fingerprint density at radius 1 is 0.875 bits per heavy atom. The van der Waals surface area contributed by atoms with Crippen molar-refractivity contribution in [2.75, 3.05) is 0 Å². The first-order valence-electron chi connectivity index (χ1n) is 8.17. The van der Waals surface area contributed by atoms with Gasteiger partial charge in [-0.3, -0.25) is 0 Å². The predicted octanol–water partition coefficient (Wildman–Crippen LogP) is 6.35. The Hall–Kier alpha value is -1.84. The summed E-state index contributed by atoms with van der Waals surface area (Å²) in [4.78, 5) is 0. The molecule has 0 nitrogen and oxygen atoms in total. The van der Waals surface area contributed by atoms with E-state index in [1.54, 1.807) is 19.1 Å². The molecule has 0 aliphatic heterocycles. The van der Waals surface area contributed by atoms with E-state index in [1.165, 1.54) is 6.07 Å². The minimum absolute atomic E-state index is 0.186. The van der Waals surface area contributed by atoms with E-state index in [9.17, 15) is 17.6 Å². The van der Waals surface area contributed by atoms with Crippen molar-refractivity contribution in [1.82, 2.24) is 0 Å². The lowest BCUT2D eigenvalue weighted by Crippen LogP contribution is -2.05. The molecule has 0 aliphatic carbocycles.